The van der Waals surface area contributed by atoms with E-state index in [4.69, 9.17) is 23.2 Å². The average Bonchev–Trinajstić information content (AvgIpc) is 2.44. The zero-order valence-corrected chi connectivity index (χ0v) is 8.71. The van der Waals surface area contributed by atoms with Gasteiger partial charge >= 0.3 is 0 Å². The first-order valence-corrected chi connectivity index (χ1v) is 4.65. The summed E-state index contributed by atoms with van der Waals surface area (Å²) in [7, 11) is 0. The first-order valence-electron chi connectivity index (χ1n) is 3.89. The molecule has 0 aliphatic carbocycles. The summed E-state index contributed by atoms with van der Waals surface area (Å²) in [6, 6.07) is 4.44. The first-order chi connectivity index (χ1) is 7.08. The van der Waals surface area contributed by atoms with Gasteiger partial charge in [0, 0.05) is 20.7 Å². The molecule has 1 aromatic carbocycles. The molecular formula is C8H4Cl2N3O2-. The van der Waals surface area contributed by atoms with E-state index in [2.05, 4.69) is 5.10 Å². The van der Waals surface area contributed by atoms with Crippen LogP contribution in [-0.4, -0.2) is 10.3 Å². The lowest BCUT2D eigenvalue weighted by atomic mass is 10.1. The molecule has 1 heterocycles. The summed E-state index contributed by atoms with van der Waals surface area (Å²) in [6.07, 6.45) is 0. The van der Waals surface area contributed by atoms with Gasteiger partial charge in [-0.1, -0.05) is 28.4 Å². The van der Waals surface area contributed by atoms with E-state index in [9.17, 15) is 10.3 Å². The Bertz CT molecular complexity index is 473. The van der Waals surface area contributed by atoms with Crippen LogP contribution in [0, 0.1) is 5.21 Å². The van der Waals surface area contributed by atoms with Crippen LogP contribution in [0.2, 0.25) is 10.0 Å². The summed E-state index contributed by atoms with van der Waals surface area (Å²) in [4.78, 5) is 0.268. The topological polar surface area (TPSA) is 78.7 Å². The molecule has 0 unspecified atom stereocenters. The third-order valence-corrected chi connectivity index (χ3v) is 2.22. The predicted molar refractivity (Wildman–Crippen MR) is 52.4 cm³/mol. The number of hydrogen-bond donors (Lipinski definition) is 1. The molecule has 0 atom stereocenters. The number of H-pyrrole nitrogens is 1. The molecule has 78 valence electrons. The average molecular weight is 245 g/mol. The Morgan fingerprint density at radius 2 is 1.80 bits per heavy atom. The fraction of sp³-hybridized carbons (Fsp3) is 0. The molecular weight excluding hydrogens is 241 g/mol. The van der Waals surface area contributed by atoms with Crippen LogP contribution in [0.5, 0.6) is 5.88 Å². The van der Waals surface area contributed by atoms with Crippen LogP contribution in [0.15, 0.2) is 18.2 Å². The van der Waals surface area contributed by atoms with Crippen LogP contribution >= 0.6 is 23.2 Å². The van der Waals surface area contributed by atoms with Crippen molar-refractivity contribution in [2.75, 3.05) is 0 Å². The van der Waals surface area contributed by atoms with Gasteiger partial charge < -0.3 is 10.3 Å². The summed E-state index contributed by atoms with van der Waals surface area (Å²) in [5.74, 6) is -0.650. The highest BCUT2D eigenvalue weighted by molar-refractivity contribution is 6.35. The highest BCUT2D eigenvalue weighted by Gasteiger charge is 2.13. The Kier molecular flexibility index (Phi) is 2.42. The van der Waals surface area contributed by atoms with Crippen molar-refractivity contribution >= 4 is 23.2 Å². The van der Waals surface area contributed by atoms with Gasteiger partial charge in [-0.3, -0.25) is 0 Å². The molecule has 2 aromatic rings. The van der Waals surface area contributed by atoms with Crippen LogP contribution in [0.4, 0.5) is 0 Å². The summed E-state index contributed by atoms with van der Waals surface area (Å²) < 4.78 is 0. The second-order valence-electron chi connectivity index (χ2n) is 2.82. The van der Waals surface area contributed by atoms with Crippen molar-refractivity contribution in [1.29, 1.82) is 0 Å². The van der Waals surface area contributed by atoms with E-state index in [1.54, 1.807) is 0 Å². The zero-order valence-electron chi connectivity index (χ0n) is 7.20. The lowest BCUT2D eigenvalue weighted by molar-refractivity contribution is -0.658. The summed E-state index contributed by atoms with van der Waals surface area (Å²) in [6.45, 7) is 0. The van der Waals surface area contributed by atoms with Gasteiger partial charge in [-0.05, 0) is 18.2 Å². The minimum Gasteiger partial charge on any atom is -0.834 e. The Morgan fingerprint density at radius 1 is 1.20 bits per heavy atom. The number of halogens is 2. The van der Waals surface area contributed by atoms with E-state index in [1.165, 1.54) is 18.2 Å². The third-order valence-electron chi connectivity index (χ3n) is 1.78. The normalized spacial score (nSPS) is 10.5. The van der Waals surface area contributed by atoms with Gasteiger partial charge in [-0.2, -0.15) is 4.85 Å². The molecule has 0 saturated heterocycles. The monoisotopic (exact) mass is 244 g/mol. The maximum absolute atomic E-state index is 11.2. The number of aromatic amines is 1. The molecule has 0 aliphatic heterocycles. The standard InChI is InChI=1S/C8H5Cl2N3O2/c9-5-1-4(2-6(10)3-5)7-8(14)11-12-13(7)15/h1-3,12H,(H,11,14)/p-1. The number of aromatic nitrogens is 3. The van der Waals surface area contributed by atoms with E-state index in [-0.39, 0.29) is 10.5 Å². The van der Waals surface area contributed by atoms with Gasteiger partial charge in [0.15, 0.2) is 11.6 Å². The number of nitrogens with zero attached hydrogens (tertiary/aromatic N) is 2. The second-order valence-corrected chi connectivity index (χ2v) is 3.69. The molecule has 0 saturated carbocycles. The first kappa shape index (κ1) is 10.1. The van der Waals surface area contributed by atoms with Crippen molar-refractivity contribution in [3.63, 3.8) is 0 Å². The summed E-state index contributed by atoms with van der Waals surface area (Å²) >= 11 is 11.5. The quantitative estimate of drug-likeness (QED) is 0.603. The van der Waals surface area contributed by atoms with E-state index in [1.807, 2.05) is 5.21 Å². The molecule has 1 aromatic heterocycles. The van der Waals surface area contributed by atoms with Gasteiger partial charge in [-0.25, -0.2) is 0 Å². The van der Waals surface area contributed by atoms with E-state index >= 15 is 0 Å². The van der Waals surface area contributed by atoms with Crippen LogP contribution in [-0.2, 0) is 0 Å². The molecule has 5 nitrogen and oxygen atoms in total. The van der Waals surface area contributed by atoms with Crippen molar-refractivity contribution in [1.82, 2.24) is 10.3 Å². The maximum atomic E-state index is 11.2. The highest BCUT2D eigenvalue weighted by atomic mass is 35.5. The molecule has 7 heteroatoms. The van der Waals surface area contributed by atoms with Crippen LogP contribution in [0.1, 0.15) is 0 Å². The van der Waals surface area contributed by atoms with Gasteiger partial charge in [0.1, 0.15) is 0 Å². The zero-order chi connectivity index (χ0) is 11.0. The van der Waals surface area contributed by atoms with Crippen molar-refractivity contribution < 1.29 is 9.95 Å². The molecule has 2 rings (SSSR count). The molecule has 0 amide bonds. The third kappa shape index (κ3) is 1.84. The minimum atomic E-state index is -0.650. The Balaban J connectivity index is 2.63. The SMILES string of the molecule is [O-]c1n[nH][n+]([O-])c1-c1cc(Cl)cc(Cl)c1. The fourth-order valence-corrected chi connectivity index (χ4v) is 1.74. The smallest absolute Gasteiger partial charge is 0.198 e. The predicted octanol–water partition coefficient (Wildman–Crippen LogP) is 1.09. The van der Waals surface area contributed by atoms with Gasteiger partial charge in [0.2, 0.25) is 0 Å². The van der Waals surface area contributed by atoms with Gasteiger partial charge in [0.05, 0.1) is 0 Å². The molecule has 1 N–H and O–H groups in total. The van der Waals surface area contributed by atoms with Crippen molar-refractivity contribution in [2.45, 2.75) is 0 Å². The lowest BCUT2D eigenvalue weighted by Gasteiger charge is -2.05. The lowest BCUT2D eigenvalue weighted by Crippen LogP contribution is -2.30. The summed E-state index contributed by atoms with van der Waals surface area (Å²) in [5.41, 5.74) is 0.209. The molecule has 0 bridgehead atoms. The van der Waals surface area contributed by atoms with Crippen LogP contribution in [0.3, 0.4) is 0 Å². The minimum absolute atomic E-state index is 0.126. The molecule has 0 aliphatic rings. The van der Waals surface area contributed by atoms with Crippen molar-refractivity contribution in [2.24, 2.45) is 0 Å². The van der Waals surface area contributed by atoms with Crippen LogP contribution in [0.25, 0.3) is 11.3 Å². The van der Waals surface area contributed by atoms with E-state index in [0.29, 0.717) is 15.6 Å². The molecule has 0 radical (unpaired) electrons. The van der Waals surface area contributed by atoms with Crippen molar-refractivity contribution in [3.8, 4) is 17.1 Å². The van der Waals surface area contributed by atoms with Gasteiger partial charge in [0.25, 0.3) is 0 Å². The maximum Gasteiger partial charge on any atom is 0.198 e. The van der Waals surface area contributed by atoms with Crippen molar-refractivity contribution in [3.05, 3.63) is 33.5 Å². The number of rotatable bonds is 1. The van der Waals surface area contributed by atoms with E-state index in [0.717, 1.165) is 0 Å². The fourth-order valence-electron chi connectivity index (χ4n) is 1.21. The van der Waals surface area contributed by atoms with Crippen LogP contribution < -0.4 is 9.95 Å². The van der Waals surface area contributed by atoms with E-state index < -0.39 is 5.88 Å². The molecule has 0 spiro atoms. The second kappa shape index (κ2) is 3.60. The highest BCUT2D eigenvalue weighted by Crippen LogP contribution is 2.27. The van der Waals surface area contributed by atoms with Gasteiger partial charge in [-0.15, -0.1) is 0 Å². The number of nitrogens with one attached hydrogen (secondary N) is 1. The summed E-state index contributed by atoms with van der Waals surface area (Å²) in [5, 5.41) is 28.3. The Hall–Kier alpha value is -1.46. The Morgan fingerprint density at radius 3 is 2.27 bits per heavy atom. The number of hydrogen-bond acceptors (Lipinski definition) is 3. The largest absolute Gasteiger partial charge is 0.834 e. The Labute approximate surface area is 94.4 Å². The molecule has 0 fully saturated rings. The molecule has 15 heavy (non-hydrogen) atoms. The number of benzene rings is 1.